The minimum absolute atomic E-state index is 0.0415. The van der Waals surface area contributed by atoms with Gasteiger partial charge >= 0.3 is 0 Å². The second-order valence-electron chi connectivity index (χ2n) is 4.41. The van der Waals surface area contributed by atoms with Gasteiger partial charge in [0.2, 0.25) is 5.91 Å². The van der Waals surface area contributed by atoms with Gasteiger partial charge in [0.25, 0.3) is 5.69 Å². The standard InChI is InChI=1S/C13H13N3O4/c14-8-12-9-20-5-4-15(12)13(17)7-10-2-1-3-11(6-10)16(18)19/h1-3,6,12H,4-5,7,9H2/t12-/m0/s1. The molecule has 7 heteroatoms. The number of non-ortho nitro benzene ring substituents is 1. The molecule has 0 unspecified atom stereocenters. The first-order valence-electron chi connectivity index (χ1n) is 6.12. The second-order valence-corrected chi connectivity index (χ2v) is 4.41. The van der Waals surface area contributed by atoms with Crippen LogP contribution in [0.3, 0.4) is 0 Å². The topological polar surface area (TPSA) is 96.5 Å². The number of carbonyl (C=O) groups excluding carboxylic acids is 1. The number of rotatable bonds is 3. The van der Waals surface area contributed by atoms with Crippen molar-refractivity contribution in [1.82, 2.24) is 4.90 Å². The monoisotopic (exact) mass is 275 g/mol. The predicted octanol–water partition coefficient (Wildman–Crippen LogP) is 0.888. The zero-order valence-corrected chi connectivity index (χ0v) is 10.7. The van der Waals surface area contributed by atoms with Crippen LogP contribution in [0.5, 0.6) is 0 Å². The number of amides is 1. The van der Waals surface area contributed by atoms with Crippen LogP contribution >= 0.6 is 0 Å². The van der Waals surface area contributed by atoms with Crippen LogP contribution in [0.4, 0.5) is 5.69 Å². The number of ether oxygens (including phenoxy) is 1. The molecule has 0 spiro atoms. The lowest BCUT2D eigenvalue weighted by molar-refractivity contribution is -0.384. The smallest absolute Gasteiger partial charge is 0.269 e. The molecule has 7 nitrogen and oxygen atoms in total. The molecule has 1 amide bonds. The predicted molar refractivity (Wildman–Crippen MR) is 68.7 cm³/mol. The molecular formula is C13H13N3O4. The lowest BCUT2D eigenvalue weighted by Gasteiger charge is -2.31. The summed E-state index contributed by atoms with van der Waals surface area (Å²) in [6.07, 6.45) is 0.0415. The van der Waals surface area contributed by atoms with Crippen molar-refractivity contribution in [3.8, 4) is 6.07 Å². The first-order chi connectivity index (χ1) is 9.61. The molecule has 0 radical (unpaired) electrons. The fourth-order valence-electron chi connectivity index (χ4n) is 2.07. The summed E-state index contributed by atoms with van der Waals surface area (Å²) in [5.41, 5.74) is 0.515. The zero-order chi connectivity index (χ0) is 14.5. The van der Waals surface area contributed by atoms with E-state index in [2.05, 4.69) is 0 Å². The fourth-order valence-corrected chi connectivity index (χ4v) is 2.07. The molecule has 1 aliphatic rings. The Morgan fingerprint density at radius 1 is 1.60 bits per heavy atom. The van der Waals surface area contributed by atoms with Gasteiger partial charge in [-0.25, -0.2) is 0 Å². The van der Waals surface area contributed by atoms with Crippen molar-refractivity contribution in [3.63, 3.8) is 0 Å². The van der Waals surface area contributed by atoms with Crippen molar-refractivity contribution < 1.29 is 14.5 Å². The Labute approximate surface area is 115 Å². The van der Waals surface area contributed by atoms with Crippen LogP contribution in [0.25, 0.3) is 0 Å². The van der Waals surface area contributed by atoms with Crippen LogP contribution in [0.15, 0.2) is 24.3 Å². The first-order valence-corrected chi connectivity index (χ1v) is 6.12. The SMILES string of the molecule is N#C[C@H]1COCCN1C(=O)Cc1cccc([N+](=O)[O-])c1. The van der Waals surface area contributed by atoms with Crippen LogP contribution in [0.1, 0.15) is 5.56 Å². The van der Waals surface area contributed by atoms with Crippen molar-refractivity contribution in [2.45, 2.75) is 12.5 Å². The van der Waals surface area contributed by atoms with Crippen LogP contribution in [0, 0.1) is 21.4 Å². The van der Waals surface area contributed by atoms with Crippen LogP contribution in [-0.4, -0.2) is 41.5 Å². The van der Waals surface area contributed by atoms with Gasteiger partial charge in [0.05, 0.1) is 30.6 Å². The van der Waals surface area contributed by atoms with Gasteiger partial charge in [-0.05, 0) is 5.56 Å². The fraction of sp³-hybridized carbons (Fsp3) is 0.385. The molecular weight excluding hydrogens is 262 g/mol. The molecule has 1 saturated heterocycles. The molecule has 0 N–H and O–H groups in total. The Hall–Kier alpha value is -2.46. The molecule has 1 heterocycles. The molecule has 104 valence electrons. The molecule has 1 atom stereocenters. The summed E-state index contributed by atoms with van der Waals surface area (Å²) in [5.74, 6) is -0.222. The van der Waals surface area contributed by atoms with Crippen LogP contribution in [-0.2, 0) is 16.0 Å². The average Bonchev–Trinajstić information content (AvgIpc) is 2.47. The molecule has 0 bridgehead atoms. The zero-order valence-electron chi connectivity index (χ0n) is 10.7. The van der Waals surface area contributed by atoms with Crippen molar-refractivity contribution in [2.75, 3.05) is 19.8 Å². The van der Waals surface area contributed by atoms with E-state index in [1.165, 1.54) is 17.0 Å². The summed E-state index contributed by atoms with van der Waals surface area (Å²) >= 11 is 0. The molecule has 2 rings (SSSR count). The quantitative estimate of drug-likeness (QED) is 0.602. The summed E-state index contributed by atoms with van der Waals surface area (Å²) in [7, 11) is 0. The molecule has 1 aliphatic heterocycles. The third-order valence-electron chi connectivity index (χ3n) is 3.07. The van der Waals surface area contributed by atoms with E-state index in [1.807, 2.05) is 6.07 Å². The van der Waals surface area contributed by atoms with Gasteiger partial charge in [0.15, 0.2) is 0 Å². The highest BCUT2D eigenvalue weighted by Crippen LogP contribution is 2.15. The van der Waals surface area contributed by atoms with Gasteiger partial charge < -0.3 is 9.64 Å². The Kier molecular flexibility index (Phi) is 4.27. The van der Waals surface area contributed by atoms with E-state index in [9.17, 15) is 14.9 Å². The number of carbonyl (C=O) groups is 1. The van der Waals surface area contributed by atoms with Crippen LogP contribution < -0.4 is 0 Å². The lowest BCUT2D eigenvalue weighted by atomic mass is 10.1. The molecule has 1 aromatic carbocycles. The maximum Gasteiger partial charge on any atom is 0.269 e. The van der Waals surface area contributed by atoms with E-state index in [0.717, 1.165) is 0 Å². The normalized spacial score (nSPS) is 18.4. The number of nitrogens with zero attached hydrogens (tertiary/aromatic N) is 3. The van der Waals surface area contributed by atoms with Crippen molar-refractivity contribution in [1.29, 1.82) is 5.26 Å². The van der Waals surface area contributed by atoms with Crippen molar-refractivity contribution >= 4 is 11.6 Å². The average molecular weight is 275 g/mol. The number of hydrogen-bond donors (Lipinski definition) is 0. The molecule has 0 aromatic heterocycles. The number of hydrogen-bond acceptors (Lipinski definition) is 5. The second kappa shape index (κ2) is 6.12. The molecule has 1 fully saturated rings. The Balaban J connectivity index is 2.09. The Morgan fingerprint density at radius 3 is 3.10 bits per heavy atom. The van der Waals surface area contributed by atoms with Gasteiger partial charge in [-0.3, -0.25) is 14.9 Å². The highest BCUT2D eigenvalue weighted by atomic mass is 16.6. The van der Waals surface area contributed by atoms with Crippen LogP contribution in [0.2, 0.25) is 0 Å². The van der Waals surface area contributed by atoms with Gasteiger partial charge in [-0.1, -0.05) is 12.1 Å². The molecule has 20 heavy (non-hydrogen) atoms. The van der Waals surface area contributed by atoms with E-state index in [1.54, 1.807) is 12.1 Å². The number of morpholine rings is 1. The minimum Gasteiger partial charge on any atom is -0.376 e. The highest BCUT2D eigenvalue weighted by Gasteiger charge is 2.27. The number of nitriles is 1. The highest BCUT2D eigenvalue weighted by molar-refractivity contribution is 5.79. The van der Waals surface area contributed by atoms with Gasteiger partial charge in [0.1, 0.15) is 6.04 Å². The summed E-state index contributed by atoms with van der Waals surface area (Å²) in [4.78, 5) is 23.8. The van der Waals surface area contributed by atoms with Gasteiger partial charge in [0, 0.05) is 18.7 Å². The van der Waals surface area contributed by atoms with Gasteiger partial charge in [-0.2, -0.15) is 5.26 Å². The third-order valence-corrected chi connectivity index (χ3v) is 3.07. The summed E-state index contributed by atoms with van der Waals surface area (Å²) in [5, 5.41) is 19.7. The lowest BCUT2D eigenvalue weighted by Crippen LogP contribution is -2.48. The van der Waals surface area contributed by atoms with Crippen molar-refractivity contribution in [2.24, 2.45) is 0 Å². The summed E-state index contributed by atoms with van der Waals surface area (Å²) < 4.78 is 5.15. The van der Waals surface area contributed by atoms with E-state index in [4.69, 9.17) is 10.00 Å². The van der Waals surface area contributed by atoms with Gasteiger partial charge in [-0.15, -0.1) is 0 Å². The number of nitro groups is 1. The molecule has 0 saturated carbocycles. The third kappa shape index (κ3) is 3.10. The maximum atomic E-state index is 12.2. The molecule has 0 aliphatic carbocycles. The van der Waals surface area contributed by atoms with E-state index in [-0.39, 0.29) is 24.6 Å². The van der Waals surface area contributed by atoms with E-state index >= 15 is 0 Å². The summed E-state index contributed by atoms with van der Waals surface area (Å²) in [6, 6.07) is 7.39. The molecule has 1 aromatic rings. The number of nitro benzene ring substituents is 1. The summed E-state index contributed by atoms with van der Waals surface area (Å²) in [6.45, 7) is 0.974. The van der Waals surface area contributed by atoms with E-state index in [0.29, 0.717) is 18.7 Å². The Morgan fingerprint density at radius 2 is 2.40 bits per heavy atom. The number of benzene rings is 1. The Bertz CT molecular complexity index is 567. The first kappa shape index (κ1) is 14.0. The minimum atomic E-state index is -0.588. The van der Waals surface area contributed by atoms with Crippen molar-refractivity contribution in [3.05, 3.63) is 39.9 Å². The van der Waals surface area contributed by atoms with E-state index < -0.39 is 11.0 Å². The largest absolute Gasteiger partial charge is 0.376 e. The maximum absolute atomic E-state index is 12.2.